The molecule has 0 unspecified atom stereocenters. The number of hydrogen-bond acceptors (Lipinski definition) is 3. The topological polar surface area (TPSA) is 50.9 Å². The molecule has 3 aromatic rings. The van der Waals surface area contributed by atoms with E-state index >= 15 is 0 Å². The summed E-state index contributed by atoms with van der Waals surface area (Å²) in [6.45, 7) is 2.51. The molecule has 1 heterocycles. The number of rotatable bonds is 4. The lowest BCUT2D eigenvalue weighted by Crippen LogP contribution is -2.06. The zero-order chi connectivity index (χ0) is 15.5. The maximum atomic E-state index is 9.53. The number of hydrogen-bond donors (Lipinski definition) is 1. The fourth-order valence-electron chi connectivity index (χ4n) is 2.47. The van der Waals surface area contributed by atoms with E-state index in [9.17, 15) is 5.11 Å². The van der Waals surface area contributed by atoms with E-state index in [0.29, 0.717) is 17.3 Å². The van der Waals surface area contributed by atoms with E-state index in [1.54, 1.807) is 4.68 Å². The number of aliphatic hydroxyl groups excluding tert-OH is 1. The van der Waals surface area contributed by atoms with E-state index in [1.165, 1.54) is 11.1 Å². The Balaban J connectivity index is 2.06. The van der Waals surface area contributed by atoms with Crippen LogP contribution in [0.25, 0.3) is 11.3 Å². The molecule has 0 bridgehead atoms. The number of aliphatic hydroxyl groups is 1. The van der Waals surface area contributed by atoms with Crippen LogP contribution in [0.5, 0.6) is 0 Å². The van der Waals surface area contributed by atoms with E-state index in [2.05, 4.69) is 29.4 Å². The molecule has 0 aliphatic rings. The standard InChI is InChI=1S/C17H16ClN3O/c1-12-5-2-3-6-14(12)10-21-17(16(11-22)19-20-21)13-7-4-8-15(18)9-13/h2-9,22H,10-11H2,1H3. The highest BCUT2D eigenvalue weighted by Crippen LogP contribution is 2.26. The lowest BCUT2D eigenvalue weighted by atomic mass is 10.1. The van der Waals surface area contributed by atoms with Crippen molar-refractivity contribution >= 4 is 11.6 Å². The van der Waals surface area contributed by atoms with Crippen molar-refractivity contribution < 1.29 is 5.11 Å². The Labute approximate surface area is 134 Å². The predicted octanol–water partition coefficient (Wildman–Crippen LogP) is 3.45. The van der Waals surface area contributed by atoms with Crippen LogP contribution in [0.4, 0.5) is 0 Å². The van der Waals surface area contributed by atoms with Gasteiger partial charge < -0.3 is 5.11 Å². The van der Waals surface area contributed by atoms with Gasteiger partial charge in [0.05, 0.1) is 18.8 Å². The minimum atomic E-state index is -0.157. The highest BCUT2D eigenvalue weighted by atomic mass is 35.5. The molecule has 22 heavy (non-hydrogen) atoms. The average molecular weight is 314 g/mol. The van der Waals surface area contributed by atoms with Gasteiger partial charge in [0.25, 0.3) is 0 Å². The second-order valence-electron chi connectivity index (χ2n) is 5.14. The molecule has 0 aliphatic heterocycles. The maximum absolute atomic E-state index is 9.53. The lowest BCUT2D eigenvalue weighted by molar-refractivity contribution is 0.277. The summed E-state index contributed by atoms with van der Waals surface area (Å²) in [5.74, 6) is 0. The van der Waals surface area contributed by atoms with E-state index in [4.69, 9.17) is 11.6 Å². The van der Waals surface area contributed by atoms with E-state index in [0.717, 1.165) is 11.3 Å². The van der Waals surface area contributed by atoms with Gasteiger partial charge >= 0.3 is 0 Å². The van der Waals surface area contributed by atoms with Crippen LogP contribution in [-0.2, 0) is 13.2 Å². The van der Waals surface area contributed by atoms with Gasteiger partial charge in [-0.15, -0.1) is 5.10 Å². The quantitative estimate of drug-likeness (QED) is 0.802. The van der Waals surface area contributed by atoms with Crippen LogP contribution in [0.15, 0.2) is 48.5 Å². The van der Waals surface area contributed by atoms with Crippen molar-refractivity contribution in [3.8, 4) is 11.3 Å². The van der Waals surface area contributed by atoms with Crippen molar-refractivity contribution in [1.82, 2.24) is 15.0 Å². The number of halogens is 1. The Morgan fingerprint density at radius 2 is 1.95 bits per heavy atom. The first-order chi connectivity index (χ1) is 10.7. The molecule has 3 rings (SSSR count). The van der Waals surface area contributed by atoms with Gasteiger partial charge in [0.2, 0.25) is 0 Å². The Morgan fingerprint density at radius 1 is 1.14 bits per heavy atom. The highest BCUT2D eigenvalue weighted by Gasteiger charge is 2.15. The SMILES string of the molecule is Cc1ccccc1Cn1nnc(CO)c1-c1cccc(Cl)c1. The van der Waals surface area contributed by atoms with Gasteiger partial charge in [-0.05, 0) is 30.2 Å². The largest absolute Gasteiger partial charge is 0.390 e. The molecule has 0 radical (unpaired) electrons. The first-order valence-corrected chi connectivity index (χ1v) is 7.40. The van der Waals surface area contributed by atoms with Crippen LogP contribution in [0.1, 0.15) is 16.8 Å². The molecule has 112 valence electrons. The molecule has 1 N–H and O–H groups in total. The average Bonchev–Trinajstić information content (AvgIpc) is 2.92. The summed E-state index contributed by atoms with van der Waals surface area (Å²) in [5.41, 5.74) is 4.61. The van der Waals surface area contributed by atoms with Crippen LogP contribution < -0.4 is 0 Å². The van der Waals surface area contributed by atoms with Crippen molar-refractivity contribution in [2.75, 3.05) is 0 Å². The summed E-state index contributed by atoms with van der Waals surface area (Å²) < 4.78 is 1.81. The predicted molar refractivity (Wildman–Crippen MR) is 86.7 cm³/mol. The van der Waals surface area contributed by atoms with Crippen molar-refractivity contribution in [3.05, 3.63) is 70.4 Å². The fourth-order valence-corrected chi connectivity index (χ4v) is 2.66. The molecule has 0 amide bonds. The van der Waals surface area contributed by atoms with Crippen molar-refractivity contribution in [1.29, 1.82) is 0 Å². The molecule has 0 saturated heterocycles. The maximum Gasteiger partial charge on any atom is 0.116 e. The summed E-state index contributed by atoms with van der Waals surface area (Å²) in [5, 5.41) is 18.5. The van der Waals surface area contributed by atoms with Crippen LogP contribution in [0, 0.1) is 6.92 Å². The molecule has 0 saturated carbocycles. The van der Waals surface area contributed by atoms with Gasteiger partial charge in [-0.2, -0.15) is 0 Å². The third-order valence-corrected chi connectivity index (χ3v) is 3.87. The number of benzene rings is 2. The Morgan fingerprint density at radius 3 is 2.68 bits per heavy atom. The minimum Gasteiger partial charge on any atom is -0.390 e. The fraction of sp³-hybridized carbons (Fsp3) is 0.176. The second kappa shape index (κ2) is 6.30. The third-order valence-electron chi connectivity index (χ3n) is 3.63. The summed E-state index contributed by atoms with van der Waals surface area (Å²) in [7, 11) is 0. The van der Waals surface area contributed by atoms with E-state index in [-0.39, 0.29) is 6.61 Å². The first-order valence-electron chi connectivity index (χ1n) is 7.02. The Bertz CT molecular complexity index is 798. The molecular weight excluding hydrogens is 298 g/mol. The van der Waals surface area contributed by atoms with Crippen molar-refractivity contribution in [2.24, 2.45) is 0 Å². The molecule has 2 aromatic carbocycles. The molecule has 0 spiro atoms. The first kappa shape index (κ1) is 14.8. The summed E-state index contributed by atoms with van der Waals surface area (Å²) in [4.78, 5) is 0. The lowest BCUT2D eigenvalue weighted by Gasteiger charge is -2.10. The van der Waals surface area contributed by atoms with Crippen LogP contribution in [0.2, 0.25) is 5.02 Å². The zero-order valence-electron chi connectivity index (χ0n) is 12.2. The van der Waals surface area contributed by atoms with Gasteiger partial charge in [-0.1, -0.05) is 53.2 Å². The monoisotopic (exact) mass is 313 g/mol. The number of aryl methyl sites for hydroxylation is 1. The van der Waals surface area contributed by atoms with Gasteiger partial charge in [0.1, 0.15) is 5.69 Å². The normalized spacial score (nSPS) is 10.9. The number of aromatic nitrogens is 3. The molecule has 4 nitrogen and oxygen atoms in total. The third kappa shape index (κ3) is 2.89. The Kier molecular flexibility index (Phi) is 4.22. The smallest absolute Gasteiger partial charge is 0.116 e. The molecule has 0 aliphatic carbocycles. The molecule has 0 fully saturated rings. The van der Waals surface area contributed by atoms with E-state index < -0.39 is 0 Å². The second-order valence-corrected chi connectivity index (χ2v) is 5.57. The van der Waals surface area contributed by atoms with E-state index in [1.807, 2.05) is 36.4 Å². The van der Waals surface area contributed by atoms with Gasteiger partial charge in [0, 0.05) is 10.6 Å². The van der Waals surface area contributed by atoms with Gasteiger partial charge in [-0.3, -0.25) is 0 Å². The van der Waals surface area contributed by atoms with Crippen molar-refractivity contribution in [2.45, 2.75) is 20.1 Å². The van der Waals surface area contributed by atoms with Crippen LogP contribution >= 0.6 is 11.6 Å². The highest BCUT2D eigenvalue weighted by molar-refractivity contribution is 6.30. The van der Waals surface area contributed by atoms with Crippen LogP contribution in [-0.4, -0.2) is 20.1 Å². The molecule has 5 heteroatoms. The zero-order valence-corrected chi connectivity index (χ0v) is 13.0. The summed E-state index contributed by atoms with van der Waals surface area (Å²) in [6.07, 6.45) is 0. The minimum absolute atomic E-state index is 0.157. The summed E-state index contributed by atoms with van der Waals surface area (Å²) in [6, 6.07) is 15.6. The van der Waals surface area contributed by atoms with Crippen molar-refractivity contribution in [3.63, 3.8) is 0 Å². The summed E-state index contributed by atoms with van der Waals surface area (Å²) >= 11 is 6.08. The molecular formula is C17H16ClN3O. The number of nitrogens with zero attached hydrogens (tertiary/aromatic N) is 3. The van der Waals surface area contributed by atoms with Crippen LogP contribution in [0.3, 0.4) is 0 Å². The van der Waals surface area contributed by atoms with Gasteiger partial charge in [0.15, 0.2) is 0 Å². The molecule has 1 aromatic heterocycles. The van der Waals surface area contributed by atoms with Gasteiger partial charge in [-0.25, -0.2) is 4.68 Å². The molecule has 0 atom stereocenters. The Hall–Kier alpha value is -2.17.